The normalized spacial score (nSPS) is 11.4. The summed E-state index contributed by atoms with van der Waals surface area (Å²) in [5, 5.41) is 21.8. The van der Waals surface area contributed by atoms with E-state index in [-0.39, 0.29) is 40.2 Å². The Balaban J connectivity index is 2.60. The fraction of sp³-hybridized carbons (Fsp3) is 0.480. The third-order valence-electron chi connectivity index (χ3n) is 5.37. The van der Waals surface area contributed by atoms with Crippen LogP contribution in [-0.4, -0.2) is 16.0 Å². The lowest BCUT2D eigenvalue weighted by Crippen LogP contribution is -2.08. The van der Waals surface area contributed by atoms with E-state index in [1.165, 1.54) is 0 Å². The van der Waals surface area contributed by atoms with Crippen LogP contribution in [-0.2, 0) is 12.8 Å². The third-order valence-corrected chi connectivity index (χ3v) is 5.37. The number of hydrogen-bond acceptors (Lipinski definition) is 3. The second-order valence-corrected chi connectivity index (χ2v) is 8.20. The fourth-order valence-electron chi connectivity index (χ4n) is 3.92. The molecule has 0 fully saturated rings. The van der Waals surface area contributed by atoms with Crippen molar-refractivity contribution >= 4 is 5.78 Å². The predicted octanol–water partition coefficient (Wildman–Crippen LogP) is 6.48. The molecule has 0 aliphatic rings. The third kappa shape index (κ3) is 4.24. The highest BCUT2D eigenvalue weighted by molar-refractivity contribution is 6.12. The largest absolute Gasteiger partial charge is 0.507 e. The minimum absolute atomic E-state index is 0.0578. The van der Waals surface area contributed by atoms with Gasteiger partial charge in [-0.25, -0.2) is 0 Å². The van der Waals surface area contributed by atoms with Gasteiger partial charge in [-0.3, -0.25) is 4.79 Å². The van der Waals surface area contributed by atoms with Gasteiger partial charge < -0.3 is 10.2 Å². The number of benzene rings is 2. The lowest BCUT2D eigenvalue weighted by atomic mass is 9.87. The van der Waals surface area contributed by atoms with Crippen molar-refractivity contribution in [3.8, 4) is 11.5 Å². The van der Waals surface area contributed by atoms with Gasteiger partial charge in [0.2, 0.25) is 0 Å². The Kier molecular flexibility index (Phi) is 7.29. The first-order valence-corrected chi connectivity index (χ1v) is 10.5. The van der Waals surface area contributed by atoms with Crippen LogP contribution in [0, 0.1) is 0 Å². The van der Waals surface area contributed by atoms with Gasteiger partial charge in [0.1, 0.15) is 11.5 Å². The number of ketones is 1. The molecule has 0 aliphatic carbocycles. The molecule has 2 rings (SSSR count). The van der Waals surface area contributed by atoms with E-state index in [9.17, 15) is 15.0 Å². The fourth-order valence-corrected chi connectivity index (χ4v) is 3.92. The number of hydrogen-bond donors (Lipinski definition) is 2. The zero-order chi connectivity index (χ0) is 21.0. The molecule has 152 valence electrons. The number of carbonyl (C=O) groups is 1. The van der Waals surface area contributed by atoms with E-state index in [0.717, 1.165) is 47.9 Å². The van der Waals surface area contributed by atoms with Crippen LogP contribution in [0.2, 0.25) is 0 Å². The summed E-state index contributed by atoms with van der Waals surface area (Å²) in [6.07, 6.45) is 3.22. The second kappa shape index (κ2) is 9.27. The standard InChI is InChI=1S/C25H34O3/c1-7-9-19-17(15(3)4)11-13-21(23(19)26)25(28)22-14-12-18(16(5)6)20(10-8-2)24(22)27/h11-16,26-27H,7-10H2,1-6H3. The van der Waals surface area contributed by atoms with Gasteiger partial charge >= 0.3 is 0 Å². The summed E-state index contributed by atoms with van der Waals surface area (Å²) >= 11 is 0. The molecule has 0 aliphatic heterocycles. The van der Waals surface area contributed by atoms with Crippen molar-refractivity contribution < 1.29 is 15.0 Å². The monoisotopic (exact) mass is 382 g/mol. The van der Waals surface area contributed by atoms with Gasteiger partial charge in [0.05, 0.1) is 11.1 Å². The molecule has 3 heteroatoms. The van der Waals surface area contributed by atoms with Crippen LogP contribution in [0.5, 0.6) is 11.5 Å². The summed E-state index contributed by atoms with van der Waals surface area (Å²) in [6.45, 7) is 12.5. The maximum atomic E-state index is 13.2. The molecular weight excluding hydrogens is 348 g/mol. The molecule has 2 N–H and O–H groups in total. The van der Waals surface area contributed by atoms with Crippen molar-refractivity contribution in [3.05, 3.63) is 57.6 Å². The smallest absolute Gasteiger partial charge is 0.200 e. The molecule has 0 bridgehead atoms. The lowest BCUT2D eigenvalue weighted by molar-refractivity contribution is 0.103. The van der Waals surface area contributed by atoms with E-state index in [4.69, 9.17) is 0 Å². The summed E-state index contributed by atoms with van der Waals surface area (Å²) in [5.74, 6) is 0.332. The Morgan fingerprint density at radius 2 is 1.11 bits per heavy atom. The predicted molar refractivity (Wildman–Crippen MR) is 116 cm³/mol. The van der Waals surface area contributed by atoms with Crippen LogP contribution in [0.3, 0.4) is 0 Å². The molecule has 2 aromatic carbocycles. The molecule has 0 saturated carbocycles. The minimum Gasteiger partial charge on any atom is -0.507 e. The quantitative estimate of drug-likeness (QED) is 0.514. The van der Waals surface area contributed by atoms with Crippen molar-refractivity contribution in [2.45, 2.75) is 79.1 Å². The Morgan fingerprint density at radius 1 is 0.750 bits per heavy atom. The summed E-state index contributed by atoms with van der Waals surface area (Å²) in [4.78, 5) is 13.2. The molecule has 3 nitrogen and oxygen atoms in total. The van der Waals surface area contributed by atoms with Crippen LogP contribution in [0.4, 0.5) is 0 Å². The number of aromatic hydroxyl groups is 2. The van der Waals surface area contributed by atoms with Gasteiger partial charge in [-0.05, 0) is 59.1 Å². The summed E-state index contributed by atoms with van der Waals surface area (Å²) in [5.41, 5.74) is 4.36. The highest BCUT2D eigenvalue weighted by Crippen LogP contribution is 2.37. The molecule has 0 aromatic heterocycles. The van der Waals surface area contributed by atoms with Crippen molar-refractivity contribution in [2.24, 2.45) is 0 Å². The molecule has 0 atom stereocenters. The van der Waals surface area contributed by atoms with E-state index in [1.54, 1.807) is 12.1 Å². The maximum absolute atomic E-state index is 13.2. The first kappa shape index (κ1) is 22.0. The summed E-state index contributed by atoms with van der Waals surface area (Å²) in [6, 6.07) is 7.27. The maximum Gasteiger partial charge on any atom is 0.200 e. The van der Waals surface area contributed by atoms with Gasteiger partial charge in [0, 0.05) is 0 Å². The minimum atomic E-state index is -0.324. The van der Waals surface area contributed by atoms with E-state index >= 15 is 0 Å². The van der Waals surface area contributed by atoms with Gasteiger partial charge in [-0.15, -0.1) is 0 Å². The molecular formula is C25H34O3. The Bertz CT molecular complexity index is 778. The molecule has 0 amide bonds. The second-order valence-electron chi connectivity index (χ2n) is 8.20. The van der Waals surface area contributed by atoms with E-state index < -0.39 is 0 Å². The SMILES string of the molecule is CCCc1c(C(C)C)ccc(C(=O)c2ccc(C(C)C)c(CCC)c2O)c1O. The van der Waals surface area contributed by atoms with E-state index in [0.29, 0.717) is 0 Å². The molecule has 2 aromatic rings. The highest BCUT2D eigenvalue weighted by Gasteiger charge is 2.24. The first-order valence-electron chi connectivity index (χ1n) is 10.5. The first-order chi connectivity index (χ1) is 13.2. The Hall–Kier alpha value is -2.29. The molecule has 0 unspecified atom stereocenters. The van der Waals surface area contributed by atoms with Gasteiger partial charge in [-0.2, -0.15) is 0 Å². The van der Waals surface area contributed by atoms with Crippen LogP contribution >= 0.6 is 0 Å². The average molecular weight is 383 g/mol. The molecule has 0 heterocycles. The van der Waals surface area contributed by atoms with Gasteiger partial charge in [0.25, 0.3) is 0 Å². The average Bonchev–Trinajstić information content (AvgIpc) is 2.64. The number of phenols is 2. The van der Waals surface area contributed by atoms with Gasteiger partial charge in [0.15, 0.2) is 5.78 Å². The number of rotatable bonds is 8. The zero-order valence-corrected chi connectivity index (χ0v) is 18.1. The van der Waals surface area contributed by atoms with Crippen LogP contribution < -0.4 is 0 Å². The number of phenolic OH excluding ortho intramolecular Hbond substituents is 2. The van der Waals surface area contributed by atoms with E-state index in [1.807, 2.05) is 12.1 Å². The molecule has 0 radical (unpaired) electrons. The van der Waals surface area contributed by atoms with Crippen LogP contribution in [0.1, 0.15) is 104 Å². The van der Waals surface area contributed by atoms with Crippen molar-refractivity contribution in [1.29, 1.82) is 0 Å². The van der Waals surface area contributed by atoms with Crippen molar-refractivity contribution in [3.63, 3.8) is 0 Å². The Labute approximate surface area is 169 Å². The summed E-state index contributed by atoms with van der Waals surface area (Å²) < 4.78 is 0. The molecule has 0 spiro atoms. The van der Waals surface area contributed by atoms with Crippen molar-refractivity contribution in [2.75, 3.05) is 0 Å². The zero-order valence-electron chi connectivity index (χ0n) is 18.1. The van der Waals surface area contributed by atoms with E-state index in [2.05, 4.69) is 41.5 Å². The van der Waals surface area contributed by atoms with Crippen molar-refractivity contribution in [1.82, 2.24) is 0 Å². The topological polar surface area (TPSA) is 57.5 Å². The van der Waals surface area contributed by atoms with Crippen LogP contribution in [0.15, 0.2) is 24.3 Å². The van der Waals surface area contributed by atoms with Gasteiger partial charge in [-0.1, -0.05) is 66.5 Å². The lowest BCUT2D eigenvalue weighted by Gasteiger charge is -2.19. The molecule has 0 saturated heterocycles. The number of carbonyl (C=O) groups excluding carboxylic acids is 1. The van der Waals surface area contributed by atoms with Crippen LogP contribution in [0.25, 0.3) is 0 Å². The molecule has 28 heavy (non-hydrogen) atoms. The highest BCUT2D eigenvalue weighted by atomic mass is 16.3. The Morgan fingerprint density at radius 3 is 1.39 bits per heavy atom. The summed E-state index contributed by atoms with van der Waals surface area (Å²) in [7, 11) is 0.